The Kier molecular flexibility index (Phi) is 5.60. The van der Waals surface area contributed by atoms with Gasteiger partial charge in [-0.15, -0.1) is 0 Å². The highest BCUT2D eigenvalue weighted by Gasteiger charge is 2.15. The zero-order valence-electron chi connectivity index (χ0n) is 12.0. The molecule has 0 saturated heterocycles. The Morgan fingerprint density at radius 2 is 1.89 bits per heavy atom. The van der Waals surface area contributed by atoms with Gasteiger partial charge in [0.05, 0.1) is 20.1 Å². The van der Waals surface area contributed by atoms with Crippen LogP contribution in [0.5, 0.6) is 0 Å². The molecule has 0 atom stereocenters. The highest BCUT2D eigenvalue weighted by Crippen LogP contribution is 2.20. The molecule has 0 aliphatic heterocycles. The van der Waals surface area contributed by atoms with Gasteiger partial charge in [0.25, 0.3) is 0 Å². The molecule has 0 bridgehead atoms. The van der Waals surface area contributed by atoms with E-state index in [0.29, 0.717) is 19.4 Å². The van der Waals surface area contributed by atoms with Gasteiger partial charge in [0, 0.05) is 17.8 Å². The van der Waals surface area contributed by atoms with Crippen LogP contribution in [0.15, 0.2) is 0 Å². The Balaban J connectivity index is 2.74. The highest BCUT2D eigenvalue weighted by atomic mass is 16.5. The summed E-state index contributed by atoms with van der Waals surface area (Å²) in [5, 5.41) is 0. The largest absolute Gasteiger partial charge is 0.469 e. The van der Waals surface area contributed by atoms with Crippen LogP contribution in [0.3, 0.4) is 0 Å². The van der Waals surface area contributed by atoms with Crippen molar-refractivity contribution in [1.82, 2.24) is 4.98 Å². The van der Waals surface area contributed by atoms with E-state index in [4.69, 9.17) is 4.74 Å². The van der Waals surface area contributed by atoms with Gasteiger partial charge in [-0.25, -0.2) is 0 Å². The highest BCUT2D eigenvalue weighted by molar-refractivity contribution is 5.73. The average molecular weight is 267 g/mol. The fraction of sp³-hybridized carbons (Fsp3) is 0.571. The maximum Gasteiger partial charge on any atom is 0.311 e. The van der Waals surface area contributed by atoms with Gasteiger partial charge in [-0.1, -0.05) is 0 Å². The minimum absolute atomic E-state index is 0.197. The molecule has 1 aromatic rings. The van der Waals surface area contributed by atoms with E-state index in [1.807, 2.05) is 13.8 Å². The van der Waals surface area contributed by atoms with E-state index in [0.717, 1.165) is 22.5 Å². The van der Waals surface area contributed by atoms with E-state index in [1.54, 1.807) is 6.92 Å². The Morgan fingerprint density at radius 1 is 1.21 bits per heavy atom. The lowest BCUT2D eigenvalue weighted by molar-refractivity contribution is -0.143. The van der Waals surface area contributed by atoms with Crippen LogP contribution in [0, 0.1) is 13.8 Å². The van der Waals surface area contributed by atoms with Crippen LogP contribution in [-0.2, 0) is 31.9 Å². The number of carbonyl (C=O) groups excluding carboxylic acids is 2. The molecule has 0 radical (unpaired) electrons. The number of rotatable bonds is 6. The molecule has 0 amide bonds. The number of H-pyrrole nitrogens is 1. The van der Waals surface area contributed by atoms with Crippen molar-refractivity contribution in [2.24, 2.45) is 0 Å². The molecule has 0 aliphatic rings. The summed E-state index contributed by atoms with van der Waals surface area (Å²) in [4.78, 5) is 25.8. The summed E-state index contributed by atoms with van der Waals surface area (Å²) < 4.78 is 9.56. The van der Waals surface area contributed by atoms with Crippen LogP contribution in [0.25, 0.3) is 0 Å². The number of carbonyl (C=O) groups is 2. The predicted octanol–water partition coefficient (Wildman–Crippen LogP) is 1.84. The Labute approximate surface area is 113 Å². The Hall–Kier alpha value is -1.78. The summed E-state index contributed by atoms with van der Waals surface area (Å²) in [5.41, 5.74) is 3.93. The van der Waals surface area contributed by atoms with Crippen molar-refractivity contribution in [3.8, 4) is 0 Å². The van der Waals surface area contributed by atoms with Crippen molar-refractivity contribution in [2.75, 3.05) is 13.7 Å². The van der Waals surface area contributed by atoms with Crippen LogP contribution in [-0.4, -0.2) is 30.6 Å². The average Bonchev–Trinajstić information content (AvgIpc) is 2.62. The van der Waals surface area contributed by atoms with Crippen molar-refractivity contribution < 1.29 is 19.1 Å². The maximum atomic E-state index is 11.4. The van der Waals surface area contributed by atoms with E-state index < -0.39 is 0 Å². The van der Waals surface area contributed by atoms with Gasteiger partial charge in [0.1, 0.15) is 0 Å². The van der Waals surface area contributed by atoms with E-state index in [2.05, 4.69) is 9.72 Å². The van der Waals surface area contributed by atoms with Crippen LogP contribution in [0.2, 0.25) is 0 Å². The standard InChI is InChI=1S/C14H21NO4/c1-5-19-13(16)7-6-11-9(2)12(15-10(11)3)8-14(17)18-4/h15H,5-8H2,1-4H3. The first-order valence-electron chi connectivity index (χ1n) is 6.38. The second-order valence-electron chi connectivity index (χ2n) is 4.39. The number of aromatic nitrogens is 1. The van der Waals surface area contributed by atoms with Gasteiger partial charge in [0.2, 0.25) is 0 Å². The summed E-state index contributed by atoms with van der Waals surface area (Å²) in [5.74, 6) is -0.474. The molecule has 1 aromatic heterocycles. The lowest BCUT2D eigenvalue weighted by Gasteiger charge is -2.03. The predicted molar refractivity (Wildman–Crippen MR) is 70.9 cm³/mol. The summed E-state index contributed by atoms with van der Waals surface area (Å²) >= 11 is 0. The van der Waals surface area contributed by atoms with Gasteiger partial charge >= 0.3 is 11.9 Å². The molecule has 0 saturated carbocycles. The van der Waals surface area contributed by atoms with Crippen LogP contribution in [0.4, 0.5) is 0 Å². The van der Waals surface area contributed by atoms with E-state index in [9.17, 15) is 9.59 Å². The number of aromatic amines is 1. The third-order valence-corrected chi connectivity index (χ3v) is 3.13. The van der Waals surface area contributed by atoms with Crippen molar-refractivity contribution in [1.29, 1.82) is 0 Å². The van der Waals surface area contributed by atoms with Crippen molar-refractivity contribution in [3.63, 3.8) is 0 Å². The minimum atomic E-state index is -0.277. The third kappa shape index (κ3) is 4.12. The second-order valence-corrected chi connectivity index (χ2v) is 4.39. The quantitative estimate of drug-likeness (QED) is 0.799. The van der Waals surface area contributed by atoms with E-state index in [1.165, 1.54) is 7.11 Å². The van der Waals surface area contributed by atoms with Crippen LogP contribution < -0.4 is 0 Å². The molecule has 0 fully saturated rings. The number of aryl methyl sites for hydroxylation is 1. The Bertz CT molecular complexity index is 462. The molecule has 1 rings (SSSR count). The molecule has 5 nitrogen and oxygen atoms in total. The molecule has 5 heteroatoms. The summed E-state index contributed by atoms with van der Waals surface area (Å²) in [6.07, 6.45) is 1.20. The number of esters is 2. The summed E-state index contributed by atoms with van der Waals surface area (Å²) in [7, 11) is 1.37. The zero-order valence-corrected chi connectivity index (χ0v) is 12.0. The molecule has 0 aliphatic carbocycles. The number of hydrogen-bond acceptors (Lipinski definition) is 4. The van der Waals surface area contributed by atoms with Crippen molar-refractivity contribution >= 4 is 11.9 Å². The van der Waals surface area contributed by atoms with Gasteiger partial charge in [-0.2, -0.15) is 0 Å². The molecular formula is C14H21NO4. The van der Waals surface area contributed by atoms with Gasteiger partial charge < -0.3 is 14.5 Å². The fourth-order valence-electron chi connectivity index (χ4n) is 2.09. The first-order chi connectivity index (χ1) is 8.99. The van der Waals surface area contributed by atoms with Gasteiger partial charge in [-0.05, 0) is 38.3 Å². The first-order valence-corrected chi connectivity index (χ1v) is 6.38. The maximum absolute atomic E-state index is 11.4. The summed E-state index contributed by atoms with van der Waals surface area (Å²) in [6, 6.07) is 0. The SMILES string of the molecule is CCOC(=O)CCc1c(C)[nH]c(CC(=O)OC)c1C. The lowest BCUT2D eigenvalue weighted by atomic mass is 10.0. The van der Waals surface area contributed by atoms with E-state index >= 15 is 0 Å². The van der Waals surface area contributed by atoms with Crippen LogP contribution >= 0.6 is 0 Å². The molecule has 0 aromatic carbocycles. The number of ether oxygens (including phenoxy) is 2. The molecule has 1 heterocycles. The molecule has 1 N–H and O–H groups in total. The van der Waals surface area contributed by atoms with Crippen LogP contribution in [0.1, 0.15) is 35.9 Å². The van der Waals surface area contributed by atoms with Gasteiger partial charge in [0.15, 0.2) is 0 Å². The number of hydrogen-bond donors (Lipinski definition) is 1. The lowest BCUT2D eigenvalue weighted by Crippen LogP contribution is -2.07. The van der Waals surface area contributed by atoms with Crippen molar-refractivity contribution in [3.05, 3.63) is 22.5 Å². The smallest absolute Gasteiger partial charge is 0.311 e. The first kappa shape index (κ1) is 15.3. The molecule has 0 unspecified atom stereocenters. The fourth-order valence-corrected chi connectivity index (χ4v) is 2.09. The van der Waals surface area contributed by atoms with E-state index in [-0.39, 0.29) is 18.4 Å². The monoisotopic (exact) mass is 267 g/mol. The minimum Gasteiger partial charge on any atom is -0.469 e. The Morgan fingerprint density at radius 3 is 2.47 bits per heavy atom. The topological polar surface area (TPSA) is 68.4 Å². The number of nitrogens with one attached hydrogen (secondary N) is 1. The molecule has 0 spiro atoms. The molecular weight excluding hydrogens is 246 g/mol. The molecule has 106 valence electrons. The van der Waals surface area contributed by atoms with Gasteiger partial charge in [-0.3, -0.25) is 9.59 Å². The summed E-state index contributed by atoms with van der Waals surface area (Å²) in [6.45, 7) is 6.08. The third-order valence-electron chi connectivity index (χ3n) is 3.13. The van der Waals surface area contributed by atoms with Crippen molar-refractivity contribution in [2.45, 2.75) is 40.0 Å². The number of methoxy groups -OCH3 is 1. The normalized spacial score (nSPS) is 10.3. The zero-order chi connectivity index (χ0) is 14.4. The molecule has 19 heavy (non-hydrogen) atoms. The second kappa shape index (κ2) is 6.97.